The number of hydrogen-bond donors (Lipinski definition) is 3. The number of hydrogen-bond acceptors (Lipinski definition) is 8. The molecule has 2 aliphatic carbocycles. The molecule has 1 saturated heterocycles. The highest BCUT2D eigenvalue weighted by molar-refractivity contribution is 6.00. The summed E-state index contributed by atoms with van der Waals surface area (Å²) < 4.78 is 47.7. The van der Waals surface area contributed by atoms with Crippen LogP contribution in [0.4, 0.5) is 42.0 Å². The number of alkyl halides is 3. The molecule has 1 saturated carbocycles. The number of aryl methyl sites for hydroxylation is 1. The molecule has 9 nitrogen and oxygen atoms in total. The monoisotopic (exact) mass is 635 g/mol. The van der Waals surface area contributed by atoms with Gasteiger partial charge in [-0.1, -0.05) is 24.3 Å². The van der Waals surface area contributed by atoms with Gasteiger partial charge in [0.2, 0.25) is 5.95 Å². The summed E-state index contributed by atoms with van der Waals surface area (Å²) in [6.45, 7) is 5.54. The molecule has 0 spiro atoms. The molecule has 3 unspecified atom stereocenters. The highest BCUT2D eigenvalue weighted by Gasteiger charge is 2.37. The van der Waals surface area contributed by atoms with Crippen LogP contribution in [0.1, 0.15) is 47.2 Å². The third kappa shape index (κ3) is 6.62. The van der Waals surface area contributed by atoms with Crippen LogP contribution in [0.2, 0.25) is 0 Å². The second-order valence-electron chi connectivity index (χ2n) is 12.3. The van der Waals surface area contributed by atoms with E-state index in [-0.39, 0.29) is 17.2 Å². The lowest BCUT2D eigenvalue weighted by molar-refractivity contribution is -0.137. The van der Waals surface area contributed by atoms with Crippen LogP contribution in [0.25, 0.3) is 0 Å². The lowest BCUT2D eigenvalue weighted by Gasteiger charge is -2.47. The number of fused-ring (bicyclic) bond motifs is 2. The summed E-state index contributed by atoms with van der Waals surface area (Å²) in [5, 5.41) is 8.31. The number of methoxy groups -OCH3 is 1. The van der Waals surface area contributed by atoms with E-state index in [4.69, 9.17) is 4.74 Å². The normalized spacial score (nSPS) is 21.5. The first kappa shape index (κ1) is 31.7. The molecular weight excluding hydrogens is 595 g/mol. The number of benzene rings is 2. The van der Waals surface area contributed by atoms with Crippen molar-refractivity contribution in [3.05, 3.63) is 71.4 Å². The van der Waals surface area contributed by atoms with E-state index in [0.717, 1.165) is 49.9 Å². The first-order valence-corrected chi connectivity index (χ1v) is 15.8. The van der Waals surface area contributed by atoms with Crippen LogP contribution < -0.4 is 25.6 Å². The number of rotatable bonds is 8. The predicted molar refractivity (Wildman–Crippen MR) is 173 cm³/mol. The summed E-state index contributed by atoms with van der Waals surface area (Å²) in [5.74, 6) is 1.08. The fraction of sp³-hybridized carbons (Fsp3) is 0.441. The number of allylic oxidation sites excluding steroid dienone is 2. The van der Waals surface area contributed by atoms with E-state index in [1.54, 1.807) is 26.2 Å². The Morgan fingerprint density at radius 1 is 1.07 bits per heavy atom. The molecule has 3 aromatic rings. The summed E-state index contributed by atoms with van der Waals surface area (Å²) in [5.41, 5.74) is 1.48. The number of piperazine rings is 1. The maximum absolute atomic E-state index is 14.0. The molecule has 46 heavy (non-hydrogen) atoms. The quantitative estimate of drug-likeness (QED) is 0.241. The van der Waals surface area contributed by atoms with Crippen molar-refractivity contribution in [3.63, 3.8) is 0 Å². The van der Waals surface area contributed by atoms with Crippen molar-refractivity contribution in [1.82, 2.24) is 20.2 Å². The molecule has 1 amide bonds. The summed E-state index contributed by atoms with van der Waals surface area (Å²) in [7, 11) is 3.01. The average Bonchev–Trinajstić information content (AvgIpc) is 3.05. The van der Waals surface area contributed by atoms with Crippen molar-refractivity contribution in [2.75, 3.05) is 55.9 Å². The van der Waals surface area contributed by atoms with Crippen LogP contribution in [-0.2, 0) is 6.18 Å². The first-order chi connectivity index (χ1) is 22.1. The van der Waals surface area contributed by atoms with Gasteiger partial charge in [0.25, 0.3) is 5.91 Å². The van der Waals surface area contributed by atoms with Gasteiger partial charge in [0.1, 0.15) is 17.1 Å². The fourth-order valence-corrected chi connectivity index (χ4v) is 7.07. The van der Waals surface area contributed by atoms with Crippen molar-refractivity contribution in [3.8, 4) is 5.75 Å². The Hall–Kier alpha value is -4.32. The summed E-state index contributed by atoms with van der Waals surface area (Å²) in [6, 6.07) is 11.3. The summed E-state index contributed by atoms with van der Waals surface area (Å²) in [6.07, 6.45) is 5.85. The standard InChI is InChI=1S/C34H40F3N7O2/c1-21-6-4-9-25(32(45)38-2)30(21)41-31-26(34(35,36)37)20-39-33(42-31)40-27-12-11-24(19-29(27)46-3)43-14-16-44(17-15-43)28-13-10-22-7-5-8-23(28)18-22/h4-7,9,11-12,19-20,22-23,28H,8,10,13-18H2,1-3H3,(H,38,45)(H2,39,40,41,42). The number of carbonyl (C=O) groups is 1. The van der Waals surface area contributed by atoms with Crippen LogP contribution in [-0.4, -0.2) is 67.2 Å². The number of ether oxygens (including phenoxy) is 1. The van der Waals surface area contributed by atoms with Gasteiger partial charge in [-0.15, -0.1) is 0 Å². The third-order valence-electron chi connectivity index (χ3n) is 9.49. The highest BCUT2D eigenvalue weighted by atomic mass is 19.4. The lowest BCUT2D eigenvalue weighted by atomic mass is 9.72. The van der Waals surface area contributed by atoms with Gasteiger partial charge in [-0.2, -0.15) is 18.2 Å². The van der Waals surface area contributed by atoms with Crippen molar-refractivity contribution in [2.24, 2.45) is 11.8 Å². The Kier molecular flexibility index (Phi) is 9.08. The zero-order chi connectivity index (χ0) is 32.4. The molecule has 2 aromatic carbocycles. The zero-order valence-electron chi connectivity index (χ0n) is 26.3. The van der Waals surface area contributed by atoms with Gasteiger partial charge in [-0.25, -0.2) is 4.98 Å². The Labute approximate surface area is 267 Å². The number of halogens is 3. The molecule has 2 fully saturated rings. The minimum Gasteiger partial charge on any atom is -0.494 e. The van der Waals surface area contributed by atoms with E-state index in [0.29, 0.717) is 23.0 Å². The maximum atomic E-state index is 14.0. The molecule has 1 aromatic heterocycles. The number of aromatic nitrogens is 2. The fourth-order valence-electron chi connectivity index (χ4n) is 7.07. The number of anilines is 5. The number of amides is 1. The molecule has 1 aliphatic heterocycles. The Morgan fingerprint density at radius 3 is 2.61 bits per heavy atom. The highest BCUT2D eigenvalue weighted by Crippen LogP contribution is 2.40. The Balaban J connectivity index is 1.19. The van der Waals surface area contributed by atoms with Gasteiger partial charge < -0.3 is 25.6 Å². The Morgan fingerprint density at radius 2 is 1.87 bits per heavy atom. The van der Waals surface area contributed by atoms with Crippen LogP contribution in [0, 0.1) is 18.8 Å². The van der Waals surface area contributed by atoms with Crippen molar-refractivity contribution >= 4 is 34.7 Å². The van der Waals surface area contributed by atoms with Crippen LogP contribution >= 0.6 is 0 Å². The van der Waals surface area contributed by atoms with Gasteiger partial charge in [0.15, 0.2) is 0 Å². The van der Waals surface area contributed by atoms with Crippen LogP contribution in [0.3, 0.4) is 0 Å². The van der Waals surface area contributed by atoms with E-state index in [9.17, 15) is 18.0 Å². The SMILES string of the molecule is CNC(=O)c1cccc(C)c1Nc1nc(Nc2ccc(N3CCN(C4CCC5C=CCC4C5)CC3)cc2OC)ncc1C(F)(F)F. The lowest BCUT2D eigenvalue weighted by Crippen LogP contribution is -2.53. The molecule has 244 valence electrons. The molecule has 3 aliphatic rings. The molecule has 6 rings (SSSR count). The van der Waals surface area contributed by atoms with E-state index >= 15 is 0 Å². The van der Waals surface area contributed by atoms with Gasteiger partial charge in [-0.3, -0.25) is 9.69 Å². The first-order valence-electron chi connectivity index (χ1n) is 15.8. The van der Waals surface area contributed by atoms with Crippen LogP contribution in [0.5, 0.6) is 5.75 Å². The molecular formula is C34H40F3N7O2. The predicted octanol–water partition coefficient (Wildman–Crippen LogP) is 6.53. The second-order valence-corrected chi connectivity index (χ2v) is 12.3. The number of para-hydroxylation sites is 1. The zero-order valence-corrected chi connectivity index (χ0v) is 26.3. The molecule has 2 heterocycles. The van der Waals surface area contributed by atoms with Crippen molar-refractivity contribution in [1.29, 1.82) is 0 Å². The largest absolute Gasteiger partial charge is 0.494 e. The number of nitrogens with one attached hydrogen (secondary N) is 3. The van der Waals surface area contributed by atoms with Crippen LogP contribution in [0.15, 0.2) is 54.7 Å². The van der Waals surface area contributed by atoms with E-state index in [1.807, 2.05) is 18.2 Å². The van der Waals surface area contributed by atoms with Gasteiger partial charge in [0.05, 0.1) is 24.0 Å². The molecule has 3 atom stereocenters. The number of nitrogens with zero attached hydrogens (tertiary/aromatic N) is 4. The van der Waals surface area contributed by atoms with Crippen molar-refractivity contribution < 1.29 is 22.7 Å². The summed E-state index contributed by atoms with van der Waals surface area (Å²) in [4.78, 5) is 25.6. The molecule has 3 N–H and O–H groups in total. The molecule has 2 bridgehead atoms. The van der Waals surface area contributed by atoms with E-state index in [1.165, 1.54) is 38.8 Å². The maximum Gasteiger partial charge on any atom is 0.421 e. The minimum absolute atomic E-state index is 0.0579. The third-order valence-corrected chi connectivity index (χ3v) is 9.49. The second kappa shape index (κ2) is 13.2. The topological polar surface area (TPSA) is 94.6 Å². The number of carbonyl (C=O) groups excluding carboxylic acids is 1. The average molecular weight is 636 g/mol. The molecule has 12 heteroatoms. The minimum atomic E-state index is -4.73. The summed E-state index contributed by atoms with van der Waals surface area (Å²) >= 11 is 0. The van der Waals surface area contributed by atoms with Gasteiger partial charge in [-0.05, 0) is 68.2 Å². The van der Waals surface area contributed by atoms with E-state index < -0.39 is 23.5 Å². The molecule has 0 radical (unpaired) electrons. The smallest absolute Gasteiger partial charge is 0.421 e. The van der Waals surface area contributed by atoms with E-state index in [2.05, 4.69) is 47.9 Å². The Bertz CT molecular complexity index is 1600. The van der Waals surface area contributed by atoms with Gasteiger partial charge in [0, 0.05) is 57.2 Å². The van der Waals surface area contributed by atoms with Gasteiger partial charge >= 0.3 is 6.18 Å². The van der Waals surface area contributed by atoms with Crippen molar-refractivity contribution in [2.45, 2.75) is 44.8 Å².